The van der Waals surface area contributed by atoms with Gasteiger partial charge in [0.1, 0.15) is 0 Å². The fourth-order valence-electron chi connectivity index (χ4n) is 2.15. The van der Waals surface area contributed by atoms with Crippen LogP contribution in [0.25, 0.3) is 6.08 Å². The van der Waals surface area contributed by atoms with Crippen molar-refractivity contribution in [1.29, 1.82) is 0 Å². The number of hydrogen-bond donors (Lipinski definition) is 0. The van der Waals surface area contributed by atoms with Gasteiger partial charge in [0.05, 0.1) is 0 Å². The van der Waals surface area contributed by atoms with E-state index in [1.54, 1.807) is 38.4 Å². The van der Waals surface area contributed by atoms with Crippen molar-refractivity contribution in [2.75, 3.05) is 14.1 Å². The number of likely N-dealkylation sites (N-methyl/N-ethyl adjacent to an activating group) is 1. The number of benzene rings is 2. The van der Waals surface area contributed by atoms with E-state index in [1.807, 2.05) is 37.3 Å². The van der Waals surface area contributed by atoms with Crippen LogP contribution in [-0.2, 0) is 4.79 Å². The summed E-state index contributed by atoms with van der Waals surface area (Å²) in [4.78, 5) is 25.9. The molecule has 0 fully saturated rings. The SMILES string of the molecule is Cc1cccc(C(=O)c2ccccc2)c1/C=C/C(=O)N(C)C. The van der Waals surface area contributed by atoms with Gasteiger partial charge in [-0.1, -0.05) is 48.5 Å². The molecule has 2 rings (SSSR count). The first-order valence-corrected chi connectivity index (χ1v) is 7.09. The molecule has 0 aliphatic rings. The Labute approximate surface area is 130 Å². The minimum absolute atomic E-state index is 0.0405. The van der Waals surface area contributed by atoms with E-state index in [0.29, 0.717) is 11.1 Å². The molecule has 0 N–H and O–H groups in total. The van der Waals surface area contributed by atoms with Crippen molar-refractivity contribution >= 4 is 17.8 Å². The summed E-state index contributed by atoms with van der Waals surface area (Å²) in [6.45, 7) is 1.93. The van der Waals surface area contributed by atoms with Crippen LogP contribution in [0.15, 0.2) is 54.6 Å². The van der Waals surface area contributed by atoms with Crippen molar-refractivity contribution in [3.05, 3.63) is 76.9 Å². The molecule has 0 aromatic heterocycles. The van der Waals surface area contributed by atoms with Crippen LogP contribution in [0, 0.1) is 6.92 Å². The first-order valence-electron chi connectivity index (χ1n) is 7.09. The van der Waals surface area contributed by atoms with Gasteiger partial charge in [0.2, 0.25) is 5.91 Å². The number of amides is 1. The number of hydrogen-bond acceptors (Lipinski definition) is 2. The van der Waals surface area contributed by atoms with Crippen molar-refractivity contribution in [3.8, 4) is 0 Å². The molecule has 0 unspecified atom stereocenters. The summed E-state index contributed by atoms with van der Waals surface area (Å²) in [5, 5.41) is 0. The van der Waals surface area contributed by atoms with Crippen molar-refractivity contribution in [3.63, 3.8) is 0 Å². The summed E-state index contributed by atoms with van der Waals surface area (Å²) in [6, 6.07) is 14.7. The maximum absolute atomic E-state index is 12.7. The molecule has 1 amide bonds. The van der Waals surface area contributed by atoms with Crippen LogP contribution in [0.4, 0.5) is 0 Å². The molecule has 0 aliphatic carbocycles. The highest BCUT2D eigenvalue weighted by atomic mass is 16.2. The molecular weight excluding hydrogens is 274 g/mol. The molecule has 0 heterocycles. The van der Waals surface area contributed by atoms with Crippen LogP contribution < -0.4 is 0 Å². The summed E-state index contributed by atoms with van der Waals surface area (Å²) in [7, 11) is 3.39. The molecule has 0 aliphatic heterocycles. The van der Waals surface area contributed by atoms with Gasteiger partial charge in [-0.3, -0.25) is 9.59 Å². The molecule has 0 radical (unpaired) electrons. The van der Waals surface area contributed by atoms with Crippen LogP contribution in [0.1, 0.15) is 27.0 Å². The minimum atomic E-state index is -0.110. The molecule has 3 nitrogen and oxygen atoms in total. The Morgan fingerprint density at radius 2 is 1.64 bits per heavy atom. The molecular formula is C19H19NO2. The van der Waals surface area contributed by atoms with Crippen LogP contribution >= 0.6 is 0 Å². The third kappa shape index (κ3) is 3.50. The van der Waals surface area contributed by atoms with Gasteiger partial charge >= 0.3 is 0 Å². The predicted octanol–water partition coefficient (Wildman–Crippen LogP) is 3.33. The van der Waals surface area contributed by atoms with E-state index in [2.05, 4.69) is 0 Å². The highest BCUT2D eigenvalue weighted by Gasteiger charge is 2.13. The Morgan fingerprint density at radius 1 is 0.955 bits per heavy atom. The lowest BCUT2D eigenvalue weighted by atomic mass is 9.95. The zero-order valence-electron chi connectivity index (χ0n) is 13.0. The highest BCUT2D eigenvalue weighted by Crippen LogP contribution is 2.20. The second-order valence-electron chi connectivity index (χ2n) is 5.30. The van der Waals surface area contributed by atoms with Crippen LogP contribution in [0.5, 0.6) is 0 Å². The third-order valence-corrected chi connectivity index (χ3v) is 3.44. The number of aryl methyl sites for hydroxylation is 1. The predicted molar refractivity (Wildman–Crippen MR) is 88.8 cm³/mol. The van der Waals surface area contributed by atoms with Crippen LogP contribution in [0.2, 0.25) is 0 Å². The van der Waals surface area contributed by atoms with Gasteiger partial charge in [-0.05, 0) is 24.1 Å². The number of ketones is 1. The van der Waals surface area contributed by atoms with Crippen molar-refractivity contribution in [1.82, 2.24) is 4.90 Å². The van der Waals surface area contributed by atoms with E-state index in [1.165, 1.54) is 11.0 Å². The van der Waals surface area contributed by atoms with E-state index in [0.717, 1.165) is 11.1 Å². The second kappa shape index (κ2) is 6.85. The zero-order valence-corrected chi connectivity index (χ0v) is 13.0. The van der Waals surface area contributed by atoms with E-state index in [4.69, 9.17) is 0 Å². The monoisotopic (exact) mass is 293 g/mol. The normalized spacial score (nSPS) is 10.7. The van der Waals surface area contributed by atoms with Gasteiger partial charge in [0, 0.05) is 31.3 Å². The third-order valence-electron chi connectivity index (χ3n) is 3.44. The standard InChI is InChI=1S/C19H19NO2/c1-14-8-7-11-17(16(14)12-13-18(21)20(2)3)19(22)15-9-5-4-6-10-15/h4-13H,1-3H3/b13-12+. The van der Waals surface area contributed by atoms with Crippen molar-refractivity contribution in [2.45, 2.75) is 6.92 Å². The van der Waals surface area contributed by atoms with Gasteiger partial charge < -0.3 is 4.90 Å². The van der Waals surface area contributed by atoms with Crippen LogP contribution in [-0.4, -0.2) is 30.7 Å². The maximum atomic E-state index is 12.7. The van der Waals surface area contributed by atoms with Crippen molar-refractivity contribution in [2.24, 2.45) is 0 Å². The molecule has 2 aromatic carbocycles. The Morgan fingerprint density at radius 3 is 2.27 bits per heavy atom. The smallest absolute Gasteiger partial charge is 0.246 e. The van der Waals surface area contributed by atoms with Gasteiger partial charge in [0.25, 0.3) is 0 Å². The Balaban J connectivity index is 2.43. The minimum Gasteiger partial charge on any atom is -0.345 e. The van der Waals surface area contributed by atoms with Gasteiger partial charge in [-0.15, -0.1) is 0 Å². The van der Waals surface area contributed by atoms with E-state index in [-0.39, 0.29) is 11.7 Å². The van der Waals surface area contributed by atoms with Gasteiger partial charge in [-0.25, -0.2) is 0 Å². The molecule has 112 valence electrons. The molecule has 0 spiro atoms. The molecule has 0 saturated carbocycles. The first kappa shape index (κ1) is 15.7. The molecule has 2 aromatic rings. The summed E-state index contributed by atoms with van der Waals surface area (Å²) in [6.07, 6.45) is 3.21. The lowest BCUT2D eigenvalue weighted by Gasteiger charge is -2.10. The summed E-state index contributed by atoms with van der Waals surface area (Å²) < 4.78 is 0. The molecule has 0 saturated heterocycles. The van der Waals surface area contributed by atoms with E-state index in [9.17, 15) is 9.59 Å². The highest BCUT2D eigenvalue weighted by molar-refractivity contribution is 6.11. The van der Waals surface area contributed by atoms with E-state index < -0.39 is 0 Å². The molecule has 0 atom stereocenters. The number of carbonyl (C=O) groups excluding carboxylic acids is 2. The first-order chi connectivity index (χ1) is 10.5. The summed E-state index contributed by atoms with van der Waals surface area (Å²) in [5.41, 5.74) is 2.99. The van der Waals surface area contributed by atoms with Crippen molar-refractivity contribution < 1.29 is 9.59 Å². The Hall–Kier alpha value is -2.68. The molecule has 0 bridgehead atoms. The van der Waals surface area contributed by atoms with Gasteiger partial charge in [-0.2, -0.15) is 0 Å². The quantitative estimate of drug-likeness (QED) is 0.640. The largest absolute Gasteiger partial charge is 0.345 e. The Kier molecular flexibility index (Phi) is 4.89. The number of carbonyl (C=O) groups is 2. The fraction of sp³-hybridized carbons (Fsp3) is 0.158. The average molecular weight is 293 g/mol. The molecule has 3 heteroatoms. The summed E-state index contributed by atoms with van der Waals surface area (Å²) >= 11 is 0. The lowest BCUT2D eigenvalue weighted by molar-refractivity contribution is -0.123. The Bertz CT molecular complexity index is 715. The summed E-state index contributed by atoms with van der Waals surface area (Å²) in [5.74, 6) is -0.150. The van der Waals surface area contributed by atoms with E-state index >= 15 is 0 Å². The van der Waals surface area contributed by atoms with Crippen LogP contribution in [0.3, 0.4) is 0 Å². The topological polar surface area (TPSA) is 37.4 Å². The number of rotatable bonds is 4. The second-order valence-corrected chi connectivity index (χ2v) is 5.30. The fourth-order valence-corrected chi connectivity index (χ4v) is 2.15. The zero-order chi connectivity index (χ0) is 16.1. The number of nitrogens with zero attached hydrogens (tertiary/aromatic N) is 1. The maximum Gasteiger partial charge on any atom is 0.246 e. The molecule has 22 heavy (non-hydrogen) atoms. The average Bonchev–Trinajstić information content (AvgIpc) is 2.53. The van der Waals surface area contributed by atoms with Gasteiger partial charge in [0.15, 0.2) is 5.78 Å². The lowest BCUT2D eigenvalue weighted by Crippen LogP contribution is -2.18.